The van der Waals surface area contributed by atoms with E-state index in [1.165, 1.54) is 19.3 Å². The van der Waals surface area contributed by atoms with Crippen molar-refractivity contribution in [2.75, 3.05) is 5.32 Å². The number of benzene rings is 1. The van der Waals surface area contributed by atoms with Crippen LogP contribution >= 0.6 is 0 Å². The Hall–Kier alpha value is -1.51. The van der Waals surface area contributed by atoms with Crippen molar-refractivity contribution in [2.24, 2.45) is 5.41 Å². The lowest BCUT2D eigenvalue weighted by Crippen LogP contribution is -2.32. The molecule has 104 valence electrons. The summed E-state index contributed by atoms with van der Waals surface area (Å²) in [5.41, 5.74) is 2.56. The largest absolute Gasteiger partial charge is 0.478 e. The molecule has 0 heterocycles. The van der Waals surface area contributed by atoms with Gasteiger partial charge in [-0.1, -0.05) is 26.3 Å². The molecule has 0 radical (unpaired) electrons. The third-order valence-electron chi connectivity index (χ3n) is 4.13. The Bertz CT molecular complexity index is 480. The first-order chi connectivity index (χ1) is 8.89. The van der Waals surface area contributed by atoms with Crippen molar-refractivity contribution in [3.05, 3.63) is 29.3 Å². The Morgan fingerprint density at radius 1 is 1.42 bits per heavy atom. The summed E-state index contributed by atoms with van der Waals surface area (Å²) in [6, 6.07) is 5.90. The van der Waals surface area contributed by atoms with Crippen molar-refractivity contribution in [3.63, 3.8) is 0 Å². The molecule has 3 heteroatoms. The van der Waals surface area contributed by atoms with E-state index in [2.05, 4.69) is 19.2 Å². The molecule has 19 heavy (non-hydrogen) atoms. The average Bonchev–Trinajstić information content (AvgIpc) is 2.30. The van der Waals surface area contributed by atoms with E-state index in [9.17, 15) is 4.79 Å². The predicted octanol–water partition coefficient (Wildman–Crippen LogP) is 4.07. The first-order valence-electron chi connectivity index (χ1n) is 6.98. The molecule has 1 aromatic carbocycles. The number of anilines is 1. The van der Waals surface area contributed by atoms with Crippen molar-refractivity contribution in [2.45, 2.75) is 52.5 Å². The van der Waals surface area contributed by atoms with Crippen LogP contribution in [0.15, 0.2) is 18.2 Å². The van der Waals surface area contributed by atoms with Gasteiger partial charge in [-0.15, -0.1) is 0 Å². The summed E-state index contributed by atoms with van der Waals surface area (Å²) >= 11 is 0. The minimum Gasteiger partial charge on any atom is -0.478 e. The Kier molecular flexibility index (Phi) is 3.83. The maximum atomic E-state index is 11.1. The Labute approximate surface area is 115 Å². The smallest absolute Gasteiger partial charge is 0.336 e. The van der Waals surface area contributed by atoms with Crippen LogP contribution < -0.4 is 5.32 Å². The summed E-state index contributed by atoms with van der Waals surface area (Å²) in [6.07, 6.45) is 4.82. The van der Waals surface area contributed by atoms with Gasteiger partial charge in [0, 0.05) is 11.7 Å². The third-order valence-corrected chi connectivity index (χ3v) is 4.13. The van der Waals surface area contributed by atoms with Crippen LogP contribution in [0.1, 0.15) is 55.5 Å². The van der Waals surface area contributed by atoms with Crippen LogP contribution in [0.5, 0.6) is 0 Å². The minimum absolute atomic E-state index is 0.383. The number of nitrogens with one attached hydrogen (secondary N) is 1. The molecule has 0 aromatic heterocycles. The van der Waals surface area contributed by atoms with Crippen molar-refractivity contribution >= 4 is 11.7 Å². The number of hydrogen-bond acceptors (Lipinski definition) is 2. The molecule has 1 fully saturated rings. The number of carbonyl (C=O) groups is 1. The molecule has 0 spiro atoms. The normalized spacial score (nSPS) is 21.9. The summed E-state index contributed by atoms with van der Waals surface area (Å²) < 4.78 is 0. The van der Waals surface area contributed by atoms with Crippen LogP contribution in [0.25, 0.3) is 0 Å². The van der Waals surface area contributed by atoms with Gasteiger partial charge in [-0.3, -0.25) is 0 Å². The van der Waals surface area contributed by atoms with E-state index in [0.29, 0.717) is 17.0 Å². The highest BCUT2D eigenvalue weighted by Gasteiger charge is 2.28. The Morgan fingerprint density at radius 3 is 2.79 bits per heavy atom. The van der Waals surface area contributed by atoms with Crippen molar-refractivity contribution in [1.82, 2.24) is 0 Å². The SMILES string of the molecule is Cc1c(NC2CCCC(C)(C)C2)cccc1C(=O)O. The second-order valence-electron chi connectivity index (χ2n) is 6.39. The predicted molar refractivity (Wildman–Crippen MR) is 77.8 cm³/mol. The van der Waals surface area contributed by atoms with Gasteiger partial charge in [0.25, 0.3) is 0 Å². The van der Waals surface area contributed by atoms with Crippen LogP contribution in [0, 0.1) is 12.3 Å². The Morgan fingerprint density at radius 2 is 2.16 bits per heavy atom. The minimum atomic E-state index is -0.856. The van der Waals surface area contributed by atoms with Gasteiger partial charge in [-0.25, -0.2) is 4.79 Å². The fourth-order valence-electron chi connectivity index (χ4n) is 3.06. The number of carboxylic acids is 1. The lowest BCUT2D eigenvalue weighted by atomic mass is 9.75. The molecule has 0 aliphatic heterocycles. The summed E-state index contributed by atoms with van der Waals surface area (Å²) in [5, 5.41) is 12.7. The molecular weight excluding hydrogens is 238 g/mol. The van der Waals surface area contributed by atoms with Gasteiger partial charge in [0.15, 0.2) is 0 Å². The summed E-state index contributed by atoms with van der Waals surface area (Å²) in [4.78, 5) is 11.1. The summed E-state index contributed by atoms with van der Waals surface area (Å²) in [6.45, 7) is 6.49. The van der Waals surface area contributed by atoms with Gasteiger partial charge in [0.1, 0.15) is 0 Å². The standard InChI is InChI=1S/C16H23NO2/c1-11-13(15(18)19)7-4-8-14(11)17-12-6-5-9-16(2,3)10-12/h4,7-8,12,17H,5-6,9-10H2,1-3H3,(H,18,19). The van der Waals surface area contributed by atoms with E-state index in [4.69, 9.17) is 5.11 Å². The average molecular weight is 261 g/mol. The first kappa shape index (κ1) is 13.9. The second kappa shape index (κ2) is 5.24. The Balaban J connectivity index is 2.15. The van der Waals surface area contributed by atoms with E-state index in [1.807, 2.05) is 19.1 Å². The fourth-order valence-corrected chi connectivity index (χ4v) is 3.06. The van der Waals surface area contributed by atoms with E-state index in [1.54, 1.807) is 6.07 Å². The van der Waals surface area contributed by atoms with E-state index >= 15 is 0 Å². The maximum Gasteiger partial charge on any atom is 0.336 e. The van der Waals surface area contributed by atoms with Crippen LogP contribution in [0.2, 0.25) is 0 Å². The highest BCUT2D eigenvalue weighted by atomic mass is 16.4. The fraction of sp³-hybridized carbons (Fsp3) is 0.562. The second-order valence-corrected chi connectivity index (χ2v) is 6.39. The number of rotatable bonds is 3. The number of carboxylic acid groups (broad SMARTS) is 1. The van der Waals surface area contributed by atoms with Gasteiger partial charge in [0.2, 0.25) is 0 Å². The highest BCUT2D eigenvalue weighted by molar-refractivity contribution is 5.91. The third kappa shape index (κ3) is 3.28. The maximum absolute atomic E-state index is 11.1. The topological polar surface area (TPSA) is 49.3 Å². The van der Waals surface area contributed by atoms with Gasteiger partial charge in [-0.05, 0) is 49.3 Å². The van der Waals surface area contributed by atoms with Crippen LogP contribution in [-0.4, -0.2) is 17.1 Å². The van der Waals surface area contributed by atoms with Gasteiger partial charge in [-0.2, -0.15) is 0 Å². The monoisotopic (exact) mass is 261 g/mol. The quantitative estimate of drug-likeness (QED) is 0.862. The van der Waals surface area contributed by atoms with Crippen molar-refractivity contribution < 1.29 is 9.90 Å². The molecule has 1 aliphatic rings. The molecule has 1 aliphatic carbocycles. The van der Waals surface area contributed by atoms with E-state index in [0.717, 1.165) is 17.7 Å². The van der Waals surface area contributed by atoms with Gasteiger partial charge in [0.05, 0.1) is 5.56 Å². The molecule has 1 saturated carbocycles. The molecule has 1 unspecified atom stereocenters. The molecule has 2 N–H and O–H groups in total. The van der Waals surface area contributed by atoms with Gasteiger partial charge < -0.3 is 10.4 Å². The van der Waals surface area contributed by atoms with Crippen LogP contribution in [0.4, 0.5) is 5.69 Å². The summed E-state index contributed by atoms with van der Waals surface area (Å²) in [5.74, 6) is -0.856. The zero-order chi connectivity index (χ0) is 14.0. The highest BCUT2D eigenvalue weighted by Crippen LogP contribution is 2.36. The lowest BCUT2D eigenvalue weighted by Gasteiger charge is -2.36. The molecule has 0 saturated heterocycles. The molecule has 0 bridgehead atoms. The zero-order valence-electron chi connectivity index (χ0n) is 12.0. The molecular formula is C16H23NO2. The zero-order valence-corrected chi connectivity index (χ0v) is 12.0. The van der Waals surface area contributed by atoms with Crippen LogP contribution in [0.3, 0.4) is 0 Å². The van der Waals surface area contributed by atoms with Crippen molar-refractivity contribution in [3.8, 4) is 0 Å². The van der Waals surface area contributed by atoms with E-state index < -0.39 is 5.97 Å². The number of aromatic carboxylic acids is 1. The molecule has 1 atom stereocenters. The summed E-state index contributed by atoms with van der Waals surface area (Å²) in [7, 11) is 0. The lowest BCUT2D eigenvalue weighted by molar-refractivity contribution is 0.0696. The van der Waals surface area contributed by atoms with Crippen LogP contribution in [-0.2, 0) is 0 Å². The molecule has 3 nitrogen and oxygen atoms in total. The van der Waals surface area contributed by atoms with Gasteiger partial charge >= 0.3 is 5.97 Å². The molecule has 0 amide bonds. The molecule has 2 rings (SSSR count). The van der Waals surface area contributed by atoms with E-state index in [-0.39, 0.29) is 0 Å². The first-order valence-corrected chi connectivity index (χ1v) is 6.98. The number of hydrogen-bond donors (Lipinski definition) is 2. The molecule has 1 aromatic rings. The van der Waals surface area contributed by atoms with Crippen molar-refractivity contribution in [1.29, 1.82) is 0 Å².